The van der Waals surface area contributed by atoms with E-state index in [0.717, 1.165) is 4.47 Å². The van der Waals surface area contributed by atoms with E-state index in [-0.39, 0.29) is 0 Å². The van der Waals surface area contributed by atoms with Crippen LogP contribution in [0.4, 0.5) is 4.39 Å². The highest BCUT2D eigenvalue weighted by Gasteiger charge is 2.13. The molecule has 0 radical (unpaired) electrons. The van der Waals surface area contributed by atoms with Gasteiger partial charge in [0.05, 0.1) is 0 Å². The number of benzene rings is 1. The minimum Gasteiger partial charge on any atom is -0.325 e. The molecule has 0 spiro atoms. The SMILES string of the molecule is C[C@H](N)[C@H](F)c1ccc(Br)cc1. The van der Waals surface area contributed by atoms with E-state index < -0.39 is 12.2 Å². The third kappa shape index (κ3) is 2.29. The molecule has 0 heterocycles. The Morgan fingerprint density at radius 2 is 1.83 bits per heavy atom. The molecule has 3 heteroatoms. The van der Waals surface area contributed by atoms with Crippen LogP contribution in [0.3, 0.4) is 0 Å². The van der Waals surface area contributed by atoms with E-state index >= 15 is 0 Å². The fraction of sp³-hybridized carbons (Fsp3) is 0.333. The van der Waals surface area contributed by atoms with E-state index in [1.807, 2.05) is 12.1 Å². The fourth-order valence-corrected chi connectivity index (χ4v) is 1.21. The van der Waals surface area contributed by atoms with Crippen molar-refractivity contribution in [3.05, 3.63) is 34.3 Å². The molecule has 0 aliphatic carbocycles. The van der Waals surface area contributed by atoms with E-state index in [1.54, 1.807) is 19.1 Å². The molecule has 1 rings (SSSR count). The summed E-state index contributed by atoms with van der Waals surface area (Å²) in [7, 11) is 0. The third-order valence-electron chi connectivity index (χ3n) is 1.65. The Morgan fingerprint density at radius 1 is 1.33 bits per heavy atom. The van der Waals surface area contributed by atoms with Crippen LogP contribution in [0.5, 0.6) is 0 Å². The molecular formula is C9H11BrFN. The van der Waals surface area contributed by atoms with E-state index in [1.165, 1.54) is 0 Å². The highest BCUT2D eigenvalue weighted by Crippen LogP contribution is 2.21. The number of hydrogen-bond acceptors (Lipinski definition) is 1. The van der Waals surface area contributed by atoms with Crippen LogP contribution in [0.2, 0.25) is 0 Å². The quantitative estimate of drug-likeness (QED) is 0.833. The molecule has 0 saturated heterocycles. The molecule has 0 amide bonds. The van der Waals surface area contributed by atoms with Gasteiger partial charge >= 0.3 is 0 Å². The monoisotopic (exact) mass is 231 g/mol. The first-order chi connectivity index (χ1) is 5.61. The summed E-state index contributed by atoms with van der Waals surface area (Å²) < 4.78 is 14.2. The van der Waals surface area contributed by atoms with Gasteiger partial charge in [0, 0.05) is 10.5 Å². The van der Waals surface area contributed by atoms with Crippen molar-refractivity contribution in [2.24, 2.45) is 5.73 Å². The molecule has 12 heavy (non-hydrogen) atoms. The first-order valence-electron chi connectivity index (χ1n) is 3.76. The molecule has 2 N–H and O–H groups in total. The van der Waals surface area contributed by atoms with Crippen molar-refractivity contribution in [3.8, 4) is 0 Å². The standard InChI is InChI=1S/C9H11BrFN/c1-6(12)9(11)7-2-4-8(10)5-3-7/h2-6,9H,12H2,1H3/t6-,9-/m0/s1. The van der Waals surface area contributed by atoms with Crippen LogP contribution in [0.15, 0.2) is 28.7 Å². The van der Waals surface area contributed by atoms with Gasteiger partial charge in [0.25, 0.3) is 0 Å². The van der Waals surface area contributed by atoms with Crippen LogP contribution >= 0.6 is 15.9 Å². The minimum atomic E-state index is -1.07. The van der Waals surface area contributed by atoms with Crippen LogP contribution in [0, 0.1) is 0 Å². The summed E-state index contributed by atoms with van der Waals surface area (Å²) in [6, 6.07) is 6.64. The number of hydrogen-bond donors (Lipinski definition) is 1. The first-order valence-corrected chi connectivity index (χ1v) is 4.55. The Morgan fingerprint density at radius 3 is 2.25 bits per heavy atom. The number of halogens is 2. The van der Waals surface area contributed by atoms with Crippen molar-refractivity contribution in [2.75, 3.05) is 0 Å². The topological polar surface area (TPSA) is 26.0 Å². The van der Waals surface area contributed by atoms with Crippen molar-refractivity contribution in [3.63, 3.8) is 0 Å². The van der Waals surface area contributed by atoms with E-state index in [4.69, 9.17) is 5.73 Å². The molecule has 1 aromatic rings. The summed E-state index contributed by atoms with van der Waals surface area (Å²) in [4.78, 5) is 0. The van der Waals surface area contributed by atoms with Gasteiger partial charge in [0.2, 0.25) is 0 Å². The Balaban J connectivity index is 2.82. The summed E-state index contributed by atoms with van der Waals surface area (Å²) in [5, 5.41) is 0. The summed E-state index contributed by atoms with van der Waals surface area (Å²) in [5.74, 6) is 0. The zero-order valence-corrected chi connectivity index (χ0v) is 8.38. The number of alkyl halides is 1. The molecule has 2 atom stereocenters. The second-order valence-electron chi connectivity index (χ2n) is 2.81. The number of nitrogens with two attached hydrogens (primary N) is 1. The Hall–Kier alpha value is -0.410. The Bertz CT molecular complexity index is 245. The average Bonchev–Trinajstić information content (AvgIpc) is 2.04. The van der Waals surface area contributed by atoms with Gasteiger partial charge in [-0.25, -0.2) is 4.39 Å². The predicted molar refractivity (Wildman–Crippen MR) is 51.6 cm³/mol. The molecule has 0 aliphatic rings. The Labute approximate surface area is 79.9 Å². The largest absolute Gasteiger partial charge is 0.325 e. The lowest BCUT2D eigenvalue weighted by Crippen LogP contribution is -2.21. The average molecular weight is 232 g/mol. The van der Waals surface area contributed by atoms with Gasteiger partial charge in [-0.1, -0.05) is 28.1 Å². The molecule has 1 nitrogen and oxygen atoms in total. The van der Waals surface area contributed by atoms with E-state index in [2.05, 4.69) is 15.9 Å². The second kappa shape index (κ2) is 4.01. The number of rotatable bonds is 2. The molecule has 0 bridgehead atoms. The van der Waals surface area contributed by atoms with Crippen LogP contribution in [0.1, 0.15) is 18.7 Å². The zero-order valence-electron chi connectivity index (χ0n) is 6.80. The van der Waals surface area contributed by atoms with Gasteiger partial charge in [-0.2, -0.15) is 0 Å². The zero-order chi connectivity index (χ0) is 9.14. The maximum Gasteiger partial charge on any atom is 0.140 e. The van der Waals surface area contributed by atoms with Crippen LogP contribution in [-0.4, -0.2) is 6.04 Å². The maximum absolute atomic E-state index is 13.2. The van der Waals surface area contributed by atoms with Crippen LogP contribution < -0.4 is 5.73 Å². The van der Waals surface area contributed by atoms with Gasteiger partial charge in [-0.05, 0) is 24.6 Å². The van der Waals surface area contributed by atoms with Crippen molar-refractivity contribution < 1.29 is 4.39 Å². The van der Waals surface area contributed by atoms with Crippen molar-refractivity contribution in [2.45, 2.75) is 19.1 Å². The van der Waals surface area contributed by atoms with Gasteiger partial charge in [-0.15, -0.1) is 0 Å². The lowest BCUT2D eigenvalue weighted by atomic mass is 10.1. The fourth-order valence-electron chi connectivity index (χ4n) is 0.950. The van der Waals surface area contributed by atoms with Gasteiger partial charge in [-0.3, -0.25) is 0 Å². The highest BCUT2D eigenvalue weighted by atomic mass is 79.9. The normalized spacial score (nSPS) is 15.7. The lowest BCUT2D eigenvalue weighted by molar-refractivity contribution is 0.300. The van der Waals surface area contributed by atoms with Crippen molar-refractivity contribution >= 4 is 15.9 Å². The van der Waals surface area contributed by atoms with Crippen LogP contribution in [-0.2, 0) is 0 Å². The molecule has 0 aliphatic heterocycles. The lowest BCUT2D eigenvalue weighted by Gasteiger charge is -2.11. The van der Waals surface area contributed by atoms with Gasteiger partial charge in [0.15, 0.2) is 0 Å². The van der Waals surface area contributed by atoms with Gasteiger partial charge < -0.3 is 5.73 Å². The third-order valence-corrected chi connectivity index (χ3v) is 2.18. The summed E-state index contributed by atoms with van der Waals surface area (Å²) >= 11 is 3.28. The molecule has 0 saturated carbocycles. The summed E-state index contributed by atoms with van der Waals surface area (Å²) in [6.07, 6.45) is -1.07. The Kier molecular flexibility index (Phi) is 3.23. The van der Waals surface area contributed by atoms with Crippen molar-refractivity contribution in [1.29, 1.82) is 0 Å². The minimum absolute atomic E-state index is 0.453. The molecule has 1 aromatic carbocycles. The smallest absolute Gasteiger partial charge is 0.140 e. The van der Waals surface area contributed by atoms with E-state index in [9.17, 15) is 4.39 Å². The molecule has 0 fully saturated rings. The van der Waals surface area contributed by atoms with Gasteiger partial charge in [0.1, 0.15) is 6.17 Å². The summed E-state index contributed by atoms with van der Waals surface area (Å²) in [6.45, 7) is 1.66. The maximum atomic E-state index is 13.2. The highest BCUT2D eigenvalue weighted by molar-refractivity contribution is 9.10. The molecular weight excluding hydrogens is 221 g/mol. The predicted octanol–water partition coefficient (Wildman–Crippen LogP) is 2.81. The molecule has 66 valence electrons. The second-order valence-corrected chi connectivity index (χ2v) is 3.73. The van der Waals surface area contributed by atoms with E-state index in [0.29, 0.717) is 5.56 Å². The first kappa shape index (κ1) is 9.68. The molecule has 0 unspecified atom stereocenters. The van der Waals surface area contributed by atoms with Crippen LogP contribution in [0.25, 0.3) is 0 Å². The van der Waals surface area contributed by atoms with Crippen molar-refractivity contribution in [1.82, 2.24) is 0 Å². The molecule has 0 aromatic heterocycles. The summed E-state index contributed by atoms with van der Waals surface area (Å²) in [5.41, 5.74) is 6.05.